The van der Waals surface area contributed by atoms with Crippen LogP contribution in [0.4, 0.5) is 0 Å². The minimum absolute atomic E-state index is 0.0325. The second-order valence-electron chi connectivity index (χ2n) is 7.53. The van der Waals surface area contributed by atoms with Gasteiger partial charge < -0.3 is 14.6 Å². The molecule has 0 fully saturated rings. The third-order valence-electron chi connectivity index (χ3n) is 5.19. The first-order valence-corrected chi connectivity index (χ1v) is 9.73. The maximum Gasteiger partial charge on any atom is 0.344 e. The molecular formula is C25H21NO5. The highest BCUT2D eigenvalue weighted by molar-refractivity contribution is 6.15. The highest BCUT2D eigenvalue weighted by atomic mass is 16.5. The van der Waals surface area contributed by atoms with Crippen LogP contribution in [0, 0.1) is 20.8 Å². The first kappa shape index (κ1) is 20.3. The third kappa shape index (κ3) is 3.68. The number of hydrogen-bond donors (Lipinski definition) is 1. The second-order valence-corrected chi connectivity index (χ2v) is 7.53. The monoisotopic (exact) mass is 415 g/mol. The molecule has 1 aromatic heterocycles. The average Bonchev–Trinajstić information content (AvgIpc) is 2.73. The molecule has 0 bridgehead atoms. The van der Waals surface area contributed by atoms with E-state index in [0.29, 0.717) is 49.8 Å². The topological polar surface area (TPSA) is 85.7 Å². The smallest absolute Gasteiger partial charge is 0.344 e. The summed E-state index contributed by atoms with van der Waals surface area (Å²) in [7, 11) is 1.32. The average molecular weight is 415 g/mol. The number of rotatable bonds is 3. The number of carbonyl (C=O) groups is 2. The molecule has 4 rings (SSSR count). The van der Waals surface area contributed by atoms with Gasteiger partial charge in [0, 0.05) is 10.8 Å². The number of aromatic hydroxyl groups is 1. The number of aromatic nitrogens is 1. The maximum absolute atomic E-state index is 13.4. The lowest BCUT2D eigenvalue weighted by molar-refractivity contribution is 0.0600. The van der Waals surface area contributed by atoms with Crippen LogP contribution in [-0.2, 0) is 4.74 Å². The molecule has 6 nitrogen and oxygen atoms in total. The maximum atomic E-state index is 13.4. The summed E-state index contributed by atoms with van der Waals surface area (Å²) < 4.78 is 10.6. The standard InChI is InChI=1S/C25H21NO5/c1-13-5-7-20-18(9-13)22(19-12-17(27)6-8-21(19)26-20)25(29)31-23-14(2)10-16(11-15(23)3)24(28)30-4/h5-12,27H,1-4H3. The van der Waals surface area contributed by atoms with E-state index in [4.69, 9.17) is 9.47 Å². The molecule has 0 aliphatic carbocycles. The molecule has 31 heavy (non-hydrogen) atoms. The molecule has 1 N–H and O–H groups in total. The zero-order valence-electron chi connectivity index (χ0n) is 17.6. The molecule has 0 aliphatic rings. The van der Waals surface area contributed by atoms with Crippen molar-refractivity contribution in [2.75, 3.05) is 7.11 Å². The summed E-state index contributed by atoms with van der Waals surface area (Å²) in [4.78, 5) is 29.9. The highest BCUT2D eigenvalue weighted by Crippen LogP contribution is 2.32. The number of methoxy groups -OCH3 is 1. The van der Waals surface area contributed by atoms with Crippen molar-refractivity contribution in [1.82, 2.24) is 4.98 Å². The van der Waals surface area contributed by atoms with Crippen molar-refractivity contribution >= 4 is 33.7 Å². The highest BCUT2D eigenvalue weighted by Gasteiger charge is 2.21. The Labute approximate surface area is 179 Å². The SMILES string of the molecule is COC(=O)c1cc(C)c(OC(=O)c2c3cc(C)ccc3nc3ccc(O)cc23)c(C)c1. The molecule has 0 saturated carbocycles. The number of phenols is 1. The van der Waals surface area contributed by atoms with Crippen molar-refractivity contribution in [3.8, 4) is 11.5 Å². The zero-order valence-corrected chi connectivity index (χ0v) is 17.6. The van der Waals surface area contributed by atoms with Crippen LogP contribution in [0.2, 0.25) is 0 Å². The van der Waals surface area contributed by atoms with Crippen LogP contribution < -0.4 is 4.74 Å². The molecule has 1 heterocycles. The second kappa shape index (κ2) is 7.72. The third-order valence-corrected chi connectivity index (χ3v) is 5.19. The molecule has 0 atom stereocenters. The number of phenolic OH excluding ortho intramolecular Hbond substituents is 1. The first-order chi connectivity index (χ1) is 14.8. The lowest BCUT2D eigenvalue weighted by atomic mass is 10.0. The molecule has 0 saturated heterocycles. The molecule has 0 radical (unpaired) electrons. The van der Waals surface area contributed by atoms with E-state index in [-0.39, 0.29) is 5.75 Å². The Bertz CT molecular complexity index is 1290. The lowest BCUT2D eigenvalue weighted by Crippen LogP contribution is -2.13. The molecule has 0 amide bonds. The van der Waals surface area contributed by atoms with Gasteiger partial charge in [0.15, 0.2) is 0 Å². The van der Waals surface area contributed by atoms with Crippen molar-refractivity contribution in [3.05, 3.63) is 76.3 Å². The predicted octanol–water partition coefficient (Wildman–Crippen LogP) is 5.02. The van der Waals surface area contributed by atoms with Gasteiger partial charge in [-0.1, -0.05) is 11.6 Å². The molecular weight excluding hydrogens is 394 g/mol. The Kier molecular flexibility index (Phi) is 5.07. The van der Waals surface area contributed by atoms with E-state index in [1.165, 1.54) is 19.2 Å². The number of benzene rings is 3. The number of hydrogen-bond acceptors (Lipinski definition) is 6. The minimum atomic E-state index is -0.564. The van der Waals surface area contributed by atoms with Crippen molar-refractivity contribution in [3.63, 3.8) is 0 Å². The normalized spacial score (nSPS) is 11.0. The van der Waals surface area contributed by atoms with Crippen LogP contribution >= 0.6 is 0 Å². The Morgan fingerprint density at radius 1 is 0.839 bits per heavy atom. The summed E-state index contributed by atoms with van der Waals surface area (Å²) in [5.41, 5.74) is 4.19. The first-order valence-electron chi connectivity index (χ1n) is 9.73. The predicted molar refractivity (Wildman–Crippen MR) is 118 cm³/mol. The van der Waals surface area contributed by atoms with Crippen molar-refractivity contribution in [2.45, 2.75) is 20.8 Å². The number of fused-ring (bicyclic) bond motifs is 2. The number of aryl methyl sites for hydroxylation is 3. The van der Waals surface area contributed by atoms with Crippen LogP contribution in [0.5, 0.6) is 11.5 Å². The summed E-state index contributed by atoms with van der Waals surface area (Å²) in [5.74, 6) is -0.611. The molecule has 6 heteroatoms. The fourth-order valence-corrected chi connectivity index (χ4v) is 3.75. The van der Waals surface area contributed by atoms with Gasteiger partial charge in [-0.25, -0.2) is 14.6 Å². The Balaban J connectivity index is 1.88. The number of nitrogens with zero attached hydrogens (tertiary/aromatic N) is 1. The quantitative estimate of drug-likeness (QED) is 0.287. The van der Waals surface area contributed by atoms with Gasteiger partial charge in [0.25, 0.3) is 0 Å². The molecule has 0 unspecified atom stereocenters. The van der Waals surface area contributed by atoms with Gasteiger partial charge in [0.2, 0.25) is 0 Å². The van der Waals surface area contributed by atoms with Gasteiger partial charge in [-0.15, -0.1) is 0 Å². The number of esters is 2. The largest absolute Gasteiger partial charge is 0.508 e. The molecule has 0 spiro atoms. The number of ether oxygens (including phenoxy) is 2. The summed E-state index contributed by atoms with van der Waals surface area (Å²) in [6, 6.07) is 13.6. The van der Waals surface area contributed by atoms with Gasteiger partial charge in [-0.2, -0.15) is 0 Å². The van der Waals surface area contributed by atoms with E-state index in [1.54, 1.807) is 32.0 Å². The minimum Gasteiger partial charge on any atom is -0.508 e. The number of pyridine rings is 1. The van der Waals surface area contributed by atoms with E-state index >= 15 is 0 Å². The Morgan fingerprint density at radius 2 is 1.45 bits per heavy atom. The van der Waals surface area contributed by atoms with Gasteiger partial charge in [-0.05, 0) is 74.4 Å². The Hall–Kier alpha value is -3.93. The molecule has 156 valence electrons. The zero-order chi connectivity index (χ0) is 22.3. The summed E-state index contributed by atoms with van der Waals surface area (Å²) in [6.07, 6.45) is 0. The summed E-state index contributed by atoms with van der Waals surface area (Å²) >= 11 is 0. The van der Waals surface area contributed by atoms with Crippen LogP contribution in [0.25, 0.3) is 21.8 Å². The fourth-order valence-electron chi connectivity index (χ4n) is 3.75. The van der Waals surface area contributed by atoms with E-state index in [2.05, 4.69) is 4.98 Å². The van der Waals surface area contributed by atoms with Crippen LogP contribution in [0.1, 0.15) is 37.4 Å². The lowest BCUT2D eigenvalue weighted by Gasteiger charge is -2.15. The van der Waals surface area contributed by atoms with Crippen molar-refractivity contribution in [2.24, 2.45) is 0 Å². The van der Waals surface area contributed by atoms with E-state index in [1.807, 2.05) is 25.1 Å². The summed E-state index contributed by atoms with van der Waals surface area (Å²) in [6.45, 7) is 5.46. The van der Waals surface area contributed by atoms with Gasteiger partial charge in [0.1, 0.15) is 11.5 Å². The van der Waals surface area contributed by atoms with E-state index in [0.717, 1.165) is 5.56 Å². The van der Waals surface area contributed by atoms with Gasteiger partial charge in [-0.3, -0.25) is 0 Å². The van der Waals surface area contributed by atoms with Crippen molar-refractivity contribution < 1.29 is 24.2 Å². The summed E-state index contributed by atoms with van der Waals surface area (Å²) in [5, 5.41) is 11.2. The van der Waals surface area contributed by atoms with Gasteiger partial charge in [0.05, 0.1) is 29.3 Å². The molecule has 4 aromatic rings. The fraction of sp³-hybridized carbons (Fsp3) is 0.160. The Morgan fingerprint density at radius 3 is 2.10 bits per heavy atom. The van der Waals surface area contributed by atoms with Crippen LogP contribution in [0.15, 0.2) is 48.5 Å². The number of carbonyl (C=O) groups excluding carboxylic acids is 2. The van der Waals surface area contributed by atoms with Crippen LogP contribution in [-0.4, -0.2) is 29.1 Å². The van der Waals surface area contributed by atoms with E-state index < -0.39 is 11.9 Å². The molecule has 0 aliphatic heterocycles. The van der Waals surface area contributed by atoms with Crippen LogP contribution in [0.3, 0.4) is 0 Å². The molecule has 3 aromatic carbocycles. The van der Waals surface area contributed by atoms with E-state index in [9.17, 15) is 14.7 Å². The van der Waals surface area contributed by atoms with Crippen molar-refractivity contribution in [1.29, 1.82) is 0 Å². The van der Waals surface area contributed by atoms with Gasteiger partial charge >= 0.3 is 11.9 Å².